The molecule has 0 unspecified atom stereocenters. The number of nitrogens with two attached hydrogens (primary N) is 1. The van der Waals surface area contributed by atoms with Gasteiger partial charge in [0.05, 0.1) is 5.56 Å². The van der Waals surface area contributed by atoms with Crippen molar-refractivity contribution in [1.29, 1.82) is 0 Å². The lowest BCUT2D eigenvalue weighted by atomic mass is 10.1. The average molecular weight is 321 g/mol. The van der Waals surface area contributed by atoms with Crippen molar-refractivity contribution in [2.75, 3.05) is 5.32 Å². The van der Waals surface area contributed by atoms with Crippen molar-refractivity contribution < 1.29 is 14.4 Å². The second kappa shape index (κ2) is 6.00. The van der Waals surface area contributed by atoms with Crippen molar-refractivity contribution in [3.05, 3.63) is 65.9 Å². The van der Waals surface area contributed by atoms with Crippen molar-refractivity contribution in [3.8, 4) is 0 Å². The molecule has 0 saturated carbocycles. The number of fused-ring (bicyclic) bond motifs is 1. The van der Waals surface area contributed by atoms with Crippen LogP contribution in [0.2, 0.25) is 0 Å². The molecular formula is C18H15N3O3. The topological polar surface area (TPSA) is 94.2 Å². The standard InChI is InChI=1S/C18H15N3O3/c1-21-10-14(13-4-2-3-5-15(13)21)16(22)18(24)20-12-8-6-11(7-9-12)17(19)23/h2-10H,1H3,(H2,19,23)(H,20,24). The summed E-state index contributed by atoms with van der Waals surface area (Å²) in [5.74, 6) is -1.91. The fourth-order valence-electron chi connectivity index (χ4n) is 2.55. The zero-order valence-corrected chi connectivity index (χ0v) is 12.9. The maximum atomic E-state index is 12.5. The molecule has 0 spiro atoms. The molecule has 3 rings (SSSR count). The van der Waals surface area contributed by atoms with E-state index in [9.17, 15) is 14.4 Å². The number of aryl methyl sites for hydroxylation is 1. The first-order valence-electron chi connectivity index (χ1n) is 7.27. The van der Waals surface area contributed by atoms with Crippen LogP contribution in [0.3, 0.4) is 0 Å². The molecule has 24 heavy (non-hydrogen) atoms. The minimum atomic E-state index is -0.738. The molecule has 0 aliphatic rings. The van der Waals surface area contributed by atoms with Gasteiger partial charge in [0.25, 0.3) is 11.7 Å². The van der Waals surface area contributed by atoms with Gasteiger partial charge in [-0.15, -0.1) is 0 Å². The van der Waals surface area contributed by atoms with Crippen molar-refractivity contribution >= 4 is 34.2 Å². The number of amides is 2. The minimum absolute atomic E-state index is 0.327. The molecule has 0 aliphatic heterocycles. The number of nitrogens with one attached hydrogen (secondary N) is 1. The van der Waals surface area contributed by atoms with Crippen LogP contribution in [0.1, 0.15) is 20.7 Å². The van der Waals surface area contributed by atoms with Crippen LogP contribution >= 0.6 is 0 Å². The van der Waals surface area contributed by atoms with E-state index in [0.29, 0.717) is 16.8 Å². The van der Waals surface area contributed by atoms with E-state index in [1.165, 1.54) is 24.3 Å². The molecule has 1 heterocycles. The first-order chi connectivity index (χ1) is 11.5. The molecule has 0 fully saturated rings. The van der Waals surface area contributed by atoms with Gasteiger partial charge in [-0.2, -0.15) is 0 Å². The zero-order valence-electron chi connectivity index (χ0n) is 12.9. The van der Waals surface area contributed by atoms with E-state index in [2.05, 4.69) is 5.32 Å². The Morgan fingerprint density at radius 3 is 2.33 bits per heavy atom. The number of para-hydroxylation sites is 1. The quantitative estimate of drug-likeness (QED) is 0.569. The number of ketones is 1. The Balaban J connectivity index is 1.84. The van der Waals surface area contributed by atoms with Gasteiger partial charge in [0.1, 0.15) is 0 Å². The highest BCUT2D eigenvalue weighted by Crippen LogP contribution is 2.21. The van der Waals surface area contributed by atoms with Gasteiger partial charge in [0.15, 0.2) is 0 Å². The number of primary amides is 1. The molecule has 0 radical (unpaired) electrons. The van der Waals surface area contributed by atoms with E-state index < -0.39 is 17.6 Å². The number of benzene rings is 2. The molecule has 3 N–H and O–H groups in total. The van der Waals surface area contributed by atoms with Crippen LogP contribution in [0.4, 0.5) is 5.69 Å². The molecule has 0 aliphatic carbocycles. The molecule has 2 amide bonds. The molecular weight excluding hydrogens is 306 g/mol. The molecule has 0 saturated heterocycles. The van der Waals surface area contributed by atoms with Crippen LogP contribution in [-0.2, 0) is 11.8 Å². The highest BCUT2D eigenvalue weighted by molar-refractivity contribution is 6.48. The summed E-state index contributed by atoms with van der Waals surface area (Å²) in [6.45, 7) is 0. The van der Waals surface area contributed by atoms with Crippen LogP contribution in [0.5, 0.6) is 0 Å². The summed E-state index contributed by atoms with van der Waals surface area (Å²) in [5, 5.41) is 3.26. The van der Waals surface area contributed by atoms with Crippen molar-refractivity contribution in [3.63, 3.8) is 0 Å². The summed E-state index contributed by atoms with van der Waals surface area (Å²) in [6.07, 6.45) is 1.64. The molecule has 120 valence electrons. The number of hydrogen-bond acceptors (Lipinski definition) is 3. The summed E-state index contributed by atoms with van der Waals surface area (Å²) in [4.78, 5) is 35.7. The lowest BCUT2D eigenvalue weighted by Gasteiger charge is -2.04. The number of anilines is 1. The third-order valence-corrected chi connectivity index (χ3v) is 3.78. The van der Waals surface area contributed by atoms with Gasteiger partial charge in [-0.25, -0.2) is 0 Å². The lowest BCUT2D eigenvalue weighted by molar-refractivity contribution is -0.112. The number of Topliss-reactive ketones (excluding diaryl/α,β-unsaturated/α-hetero) is 1. The van der Waals surface area contributed by atoms with Crippen LogP contribution in [0.15, 0.2) is 54.7 Å². The average Bonchev–Trinajstić information content (AvgIpc) is 2.92. The Morgan fingerprint density at radius 1 is 1.00 bits per heavy atom. The van der Waals surface area contributed by atoms with Crippen LogP contribution in [0, 0.1) is 0 Å². The van der Waals surface area contributed by atoms with Crippen LogP contribution in [0.25, 0.3) is 10.9 Å². The number of rotatable bonds is 4. The van der Waals surface area contributed by atoms with E-state index in [4.69, 9.17) is 5.73 Å². The lowest BCUT2D eigenvalue weighted by Crippen LogP contribution is -2.22. The van der Waals surface area contributed by atoms with Gasteiger partial charge >= 0.3 is 0 Å². The van der Waals surface area contributed by atoms with Crippen LogP contribution in [-0.4, -0.2) is 22.2 Å². The fraction of sp³-hybridized carbons (Fsp3) is 0.0556. The number of nitrogens with zero attached hydrogens (tertiary/aromatic N) is 1. The fourth-order valence-corrected chi connectivity index (χ4v) is 2.55. The largest absolute Gasteiger partial charge is 0.366 e. The second-order valence-electron chi connectivity index (χ2n) is 5.40. The summed E-state index contributed by atoms with van der Waals surface area (Å²) < 4.78 is 1.80. The van der Waals surface area contributed by atoms with E-state index in [0.717, 1.165) is 10.9 Å². The third kappa shape index (κ3) is 2.77. The monoisotopic (exact) mass is 321 g/mol. The Kier molecular flexibility index (Phi) is 3.87. The minimum Gasteiger partial charge on any atom is -0.366 e. The Morgan fingerprint density at radius 2 is 1.67 bits per heavy atom. The predicted octanol–water partition coefficient (Wildman–Crippen LogP) is 2.10. The summed E-state index contributed by atoms with van der Waals surface area (Å²) >= 11 is 0. The molecule has 6 nitrogen and oxygen atoms in total. The highest BCUT2D eigenvalue weighted by Gasteiger charge is 2.21. The van der Waals surface area contributed by atoms with E-state index in [-0.39, 0.29) is 0 Å². The molecule has 0 bridgehead atoms. The molecule has 3 aromatic rings. The van der Waals surface area contributed by atoms with Gasteiger partial charge in [-0.05, 0) is 30.3 Å². The van der Waals surface area contributed by atoms with Crippen molar-refractivity contribution in [1.82, 2.24) is 4.57 Å². The van der Waals surface area contributed by atoms with E-state index in [1.807, 2.05) is 25.2 Å². The second-order valence-corrected chi connectivity index (χ2v) is 5.40. The SMILES string of the molecule is Cn1cc(C(=O)C(=O)Nc2ccc(C(N)=O)cc2)c2ccccc21. The highest BCUT2D eigenvalue weighted by atomic mass is 16.2. The van der Waals surface area contributed by atoms with Gasteiger partial charge in [-0.3, -0.25) is 14.4 Å². The van der Waals surface area contributed by atoms with Gasteiger partial charge in [0.2, 0.25) is 5.91 Å². The van der Waals surface area contributed by atoms with E-state index >= 15 is 0 Å². The molecule has 6 heteroatoms. The predicted molar refractivity (Wildman–Crippen MR) is 90.8 cm³/mol. The summed E-state index contributed by atoms with van der Waals surface area (Å²) in [7, 11) is 1.82. The third-order valence-electron chi connectivity index (χ3n) is 3.78. The smallest absolute Gasteiger partial charge is 0.296 e. The first-order valence-corrected chi connectivity index (χ1v) is 7.27. The Hall–Kier alpha value is -3.41. The van der Waals surface area contributed by atoms with E-state index in [1.54, 1.807) is 16.8 Å². The van der Waals surface area contributed by atoms with Gasteiger partial charge < -0.3 is 15.6 Å². The molecule has 0 atom stereocenters. The Bertz CT molecular complexity index is 955. The normalized spacial score (nSPS) is 10.5. The maximum Gasteiger partial charge on any atom is 0.296 e. The summed E-state index contributed by atoms with van der Waals surface area (Å²) in [6, 6.07) is 13.4. The molecule has 2 aromatic carbocycles. The van der Waals surface area contributed by atoms with Crippen molar-refractivity contribution in [2.24, 2.45) is 12.8 Å². The summed E-state index contributed by atoms with van der Waals surface area (Å²) in [5.41, 5.74) is 7.13. The zero-order chi connectivity index (χ0) is 17.3. The first kappa shape index (κ1) is 15.5. The Labute approximate surface area is 137 Å². The van der Waals surface area contributed by atoms with Crippen LogP contribution < -0.4 is 11.1 Å². The van der Waals surface area contributed by atoms with Gasteiger partial charge in [-0.1, -0.05) is 18.2 Å². The number of carbonyl (C=O) groups is 3. The number of hydrogen-bond donors (Lipinski definition) is 2. The maximum absolute atomic E-state index is 12.5. The van der Waals surface area contributed by atoms with Gasteiger partial charge in [0, 0.05) is 35.4 Å². The van der Waals surface area contributed by atoms with Crippen molar-refractivity contribution in [2.45, 2.75) is 0 Å². The molecule has 1 aromatic heterocycles. The number of aromatic nitrogens is 1. The number of carbonyl (C=O) groups excluding carboxylic acids is 3.